The van der Waals surface area contributed by atoms with Crippen LogP contribution in [0, 0.1) is 0 Å². The Balaban J connectivity index is 2.27. The second-order valence-electron chi connectivity index (χ2n) is 3.01. The molecule has 0 saturated heterocycles. The van der Waals surface area contributed by atoms with Gasteiger partial charge >= 0.3 is 0 Å². The van der Waals surface area contributed by atoms with Crippen LogP contribution in [0.15, 0.2) is 18.3 Å². The third kappa shape index (κ3) is 3.20. The van der Waals surface area contributed by atoms with E-state index in [1.54, 1.807) is 0 Å². The summed E-state index contributed by atoms with van der Waals surface area (Å²) in [6, 6.07) is 4.06. The van der Waals surface area contributed by atoms with Gasteiger partial charge in [-0.25, -0.2) is 0 Å². The minimum absolute atomic E-state index is 0.598. The highest BCUT2D eigenvalue weighted by Gasteiger charge is 1.97. The maximum absolute atomic E-state index is 5.56. The van der Waals surface area contributed by atoms with Crippen molar-refractivity contribution in [1.29, 1.82) is 0 Å². The van der Waals surface area contributed by atoms with Crippen molar-refractivity contribution in [3.8, 4) is 0 Å². The first-order chi connectivity index (χ1) is 6.38. The SMILES string of the molecule is CCCOCCn1cccc1CN. The number of hydrogen-bond donors (Lipinski definition) is 1. The normalized spacial score (nSPS) is 10.6. The van der Waals surface area contributed by atoms with Crippen LogP contribution in [0.3, 0.4) is 0 Å². The lowest BCUT2D eigenvalue weighted by Gasteiger charge is -2.07. The van der Waals surface area contributed by atoms with Gasteiger partial charge in [0.1, 0.15) is 0 Å². The van der Waals surface area contributed by atoms with Crippen LogP contribution >= 0.6 is 0 Å². The van der Waals surface area contributed by atoms with Crippen LogP contribution in [-0.2, 0) is 17.8 Å². The number of hydrogen-bond acceptors (Lipinski definition) is 2. The maximum Gasteiger partial charge on any atom is 0.0645 e. The van der Waals surface area contributed by atoms with E-state index in [0.717, 1.165) is 26.2 Å². The molecule has 0 unspecified atom stereocenters. The molecule has 1 heterocycles. The quantitative estimate of drug-likeness (QED) is 0.675. The molecule has 1 rings (SSSR count). The van der Waals surface area contributed by atoms with Gasteiger partial charge in [0.25, 0.3) is 0 Å². The summed E-state index contributed by atoms with van der Waals surface area (Å²) in [4.78, 5) is 0. The number of nitrogens with zero attached hydrogens (tertiary/aromatic N) is 1. The molecule has 74 valence electrons. The van der Waals surface area contributed by atoms with Crippen molar-refractivity contribution in [3.05, 3.63) is 24.0 Å². The first-order valence-electron chi connectivity index (χ1n) is 4.80. The lowest BCUT2D eigenvalue weighted by molar-refractivity contribution is 0.126. The molecule has 0 saturated carbocycles. The zero-order chi connectivity index (χ0) is 9.52. The van der Waals surface area contributed by atoms with E-state index in [4.69, 9.17) is 10.5 Å². The fourth-order valence-electron chi connectivity index (χ4n) is 1.26. The Morgan fingerprint density at radius 3 is 3.00 bits per heavy atom. The Labute approximate surface area is 79.5 Å². The summed E-state index contributed by atoms with van der Waals surface area (Å²) in [5.41, 5.74) is 6.73. The molecule has 0 aliphatic carbocycles. The number of aromatic nitrogens is 1. The molecule has 3 heteroatoms. The van der Waals surface area contributed by atoms with Crippen molar-refractivity contribution < 1.29 is 4.74 Å². The van der Waals surface area contributed by atoms with Crippen molar-refractivity contribution in [2.45, 2.75) is 26.4 Å². The van der Waals surface area contributed by atoms with Gasteiger partial charge < -0.3 is 15.0 Å². The molecular formula is C10H18N2O. The van der Waals surface area contributed by atoms with Crippen molar-refractivity contribution in [2.75, 3.05) is 13.2 Å². The van der Waals surface area contributed by atoms with Gasteiger partial charge in [-0.1, -0.05) is 6.92 Å². The van der Waals surface area contributed by atoms with Gasteiger partial charge in [0.05, 0.1) is 6.61 Å². The topological polar surface area (TPSA) is 40.2 Å². The Morgan fingerprint density at radius 1 is 1.46 bits per heavy atom. The molecule has 1 aromatic rings. The first kappa shape index (κ1) is 10.3. The fourth-order valence-corrected chi connectivity index (χ4v) is 1.26. The zero-order valence-corrected chi connectivity index (χ0v) is 8.20. The predicted molar refractivity (Wildman–Crippen MR) is 53.4 cm³/mol. The van der Waals surface area contributed by atoms with Crippen LogP contribution in [0.5, 0.6) is 0 Å². The summed E-state index contributed by atoms with van der Waals surface area (Å²) in [5.74, 6) is 0. The van der Waals surface area contributed by atoms with E-state index in [9.17, 15) is 0 Å². The minimum atomic E-state index is 0.598. The summed E-state index contributed by atoms with van der Waals surface area (Å²) in [5, 5.41) is 0. The third-order valence-corrected chi connectivity index (χ3v) is 1.96. The van der Waals surface area contributed by atoms with E-state index < -0.39 is 0 Å². The minimum Gasteiger partial charge on any atom is -0.380 e. The van der Waals surface area contributed by atoms with Gasteiger partial charge in [-0.2, -0.15) is 0 Å². The van der Waals surface area contributed by atoms with Crippen molar-refractivity contribution in [3.63, 3.8) is 0 Å². The third-order valence-electron chi connectivity index (χ3n) is 1.96. The Kier molecular flexibility index (Phi) is 4.57. The van der Waals surface area contributed by atoms with E-state index in [1.807, 2.05) is 18.3 Å². The molecule has 1 aromatic heterocycles. The maximum atomic E-state index is 5.56. The zero-order valence-electron chi connectivity index (χ0n) is 8.20. The molecule has 0 fully saturated rings. The van der Waals surface area contributed by atoms with Crippen LogP contribution in [-0.4, -0.2) is 17.8 Å². The molecule has 0 spiro atoms. The molecule has 3 nitrogen and oxygen atoms in total. The molecule has 13 heavy (non-hydrogen) atoms. The smallest absolute Gasteiger partial charge is 0.0645 e. The average molecular weight is 182 g/mol. The molecule has 0 aliphatic heterocycles. The number of nitrogens with two attached hydrogens (primary N) is 1. The molecule has 0 bridgehead atoms. The Bertz CT molecular complexity index is 233. The summed E-state index contributed by atoms with van der Waals surface area (Å²) < 4.78 is 7.53. The van der Waals surface area contributed by atoms with E-state index >= 15 is 0 Å². The highest BCUT2D eigenvalue weighted by molar-refractivity contribution is 5.06. The van der Waals surface area contributed by atoms with Gasteiger partial charge in [-0.3, -0.25) is 0 Å². The Hall–Kier alpha value is -0.800. The van der Waals surface area contributed by atoms with Gasteiger partial charge in [0.2, 0.25) is 0 Å². The van der Waals surface area contributed by atoms with Crippen molar-refractivity contribution in [2.24, 2.45) is 5.73 Å². The molecule has 0 radical (unpaired) electrons. The van der Waals surface area contributed by atoms with E-state index in [0.29, 0.717) is 6.54 Å². The van der Waals surface area contributed by atoms with Gasteiger partial charge in [-0.15, -0.1) is 0 Å². The highest BCUT2D eigenvalue weighted by Crippen LogP contribution is 2.00. The summed E-state index contributed by atoms with van der Waals surface area (Å²) in [6.07, 6.45) is 3.12. The summed E-state index contributed by atoms with van der Waals surface area (Å²) in [6.45, 7) is 5.23. The average Bonchev–Trinajstić information content (AvgIpc) is 2.60. The van der Waals surface area contributed by atoms with E-state index in [2.05, 4.69) is 11.5 Å². The van der Waals surface area contributed by atoms with Gasteiger partial charge in [-0.05, 0) is 18.6 Å². The lowest BCUT2D eigenvalue weighted by atomic mass is 10.4. The lowest BCUT2D eigenvalue weighted by Crippen LogP contribution is -2.10. The predicted octanol–water partition coefficient (Wildman–Crippen LogP) is 1.37. The largest absolute Gasteiger partial charge is 0.380 e. The van der Waals surface area contributed by atoms with Crippen molar-refractivity contribution >= 4 is 0 Å². The van der Waals surface area contributed by atoms with Crippen LogP contribution < -0.4 is 5.73 Å². The van der Waals surface area contributed by atoms with Crippen LogP contribution in [0.4, 0.5) is 0 Å². The standard InChI is InChI=1S/C10H18N2O/c1-2-7-13-8-6-12-5-3-4-10(12)9-11/h3-5H,2,6-9,11H2,1H3. The Morgan fingerprint density at radius 2 is 2.31 bits per heavy atom. The second kappa shape index (κ2) is 5.78. The molecule has 2 N–H and O–H groups in total. The van der Waals surface area contributed by atoms with Crippen LogP contribution in [0.25, 0.3) is 0 Å². The molecular weight excluding hydrogens is 164 g/mol. The molecule has 0 aliphatic rings. The summed E-state index contributed by atoms with van der Waals surface area (Å²) >= 11 is 0. The van der Waals surface area contributed by atoms with Gasteiger partial charge in [0, 0.05) is 31.6 Å². The highest BCUT2D eigenvalue weighted by atomic mass is 16.5. The number of rotatable bonds is 6. The summed E-state index contributed by atoms with van der Waals surface area (Å²) in [7, 11) is 0. The van der Waals surface area contributed by atoms with E-state index in [-0.39, 0.29) is 0 Å². The van der Waals surface area contributed by atoms with Crippen LogP contribution in [0.2, 0.25) is 0 Å². The monoisotopic (exact) mass is 182 g/mol. The molecule has 0 amide bonds. The molecule has 0 aromatic carbocycles. The fraction of sp³-hybridized carbons (Fsp3) is 0.600. The first-order valence-corrected chi connectivity index (χ1v) is 4.80. The molecule has 0 atom stereocenters. The van der Waals surface area contributed by atoms with Crippen molar-refractivity contribution in [1.82, 2.24) is 4.57 Å². The number of ether oxygens (including phenoxy) is 1. The second-order valence-corrected chi connectivity index (χ2v) is 3.01. The van der Waals surface area contributed by atoms with E-state index in [1.165, 1.54) is 5.69 Å². The van der Waals surface area contributed by atoms with Crippen LogP contribution in [0.1, 0.15) is 19.0 Å². The van der Waals surface area contributed by atoms with Gasteiger partial charge in [0.15, 0.2) is 0 Å².